The SMILES string of the molecule is Cc1ccccc1NC(=O)CSc1nnc(-c2cccnc2)n1-c1ccccc1C. The summed E-state index contributed by atoms with van der Waals surface area (Å²) in [5.41, 5.74) is 4.78. The fourth-order valence-corrected chi connectivity index (χ4v) is 3.85. The molecule has 0 aliphatic heterocycles. The van der Waals surface area contributed by atoms with Gasteiger partial charge in [-0.2, -0.15) is 0 Å². The van der Waals surface area contributed by atoms with Gasteiger partial charge < -0.3 is 5.32 Å². The first kappa shape index (κ1) is 19.8. The van der Waals surface area contributed by atoms with E-state index < -0.39 is 0 Å². The zero-order valence-electron chi connectivity index (χ0n) is 16.7. The lowest BCUT2D eigenvalue weighted by molar-refractivity contribution is -0.113. The Morgan fingerprint density at radius 2 is 1.73 bits per heavy atom. The first-order valence-electron chi connectivity index (χ1n) is 9.53. The van der Waals surface area contributed by atoms with Crippen LogP contribution in [-0.2, 0) is 4.79 Å². The molecule has 1 N–H and O–H groups in total. The van der Waals surface area contributed by atoms with Gasteiger partial charge in [0.15, 0.2) is 11.0 Å². The van der Waals surface area contributed by atoms with Crippen molar-refractivity contribution in [3.05, 3.63) is 84.2 Å². The van der Waals surface area contributed by atoms with Gasteiger partial charge in [-0.1, -0.05) is 48.2 Å². The summed E-state index contributed by atoms with van der Waals surface area (Å²) in [4.78, 5) is 16.7. The van der Waals surface area contributed by atoms with E-state index in [2.05, 4.69) is 20.5 Å². The van der Waals surface area contributed by atoms with Crippen molar-refractivity contribution >= 4 is 23.4 Å². The largest absolute Gasteiger partial charge is 0.325 e. The van der Waals surface area contributed by atoms with Crippen LogP contribution in [0.4, 0.5) is 5.69 Å². The number of benzene rings is 2. The molecule has 0 aliphatic rings. The third-order valence-electron chi connectivity index (χ3n) is 4.66. The van der Waals surface area contributed by atoms with Crippen molar-refractivity contribution in [1.29, 1.82) is 0 Å². The molecule has 0 aliphatic carbocycles. The molecular weight excluding hydrogens is 394 g/mol. The van der Waals surface area contributed by atoms with Gasteiger partial charge in [0.2, 0.25) is 5.91 Å². The second-order valence-corrected chi connectivity index (χ2v) is 7.76. The highest BCUT2D eigenvalue weighted by atomic mass is 32.2. The molecule has 0 saturated carbocycles. The number of hydrogen-bond acceptors (Lipinski definition) is 5. The Hall–Kier alpha value is -3.45. The Kier molecular flexibility index (Phi) is 5.90. The summed E-state index contributed by atoms with van der Waals surface area (Å²) in [6.45, 7) is 4.01. The van der Waals surface area contributed by atoms with E-state index in [1.165, 1.54) is 11.8 Å². The molecule has 30 heavy (non-hydrogen) atoms. The van der Waals surface area contributed by atoms with Gasteiger partial charge in [0.05, 0.1) is 11.4 Å². The van der Waals surface area contributed by atoms with Crippen LogP contribution in [0.15, 0.2) is 78.2 Å². The Bertz CT molecular complexity index is 1170. The quantitative estimate of drug-likeness (QED) is 0.463. The number of aromatic nitrogens is 4. The van der Waals surface area contributed by atoms with E-state index in [1.807, 2.05) is 79.1 Å². The summed E-state index contributed by atoms with van der Waals surface area (Å²) in [7, 11) is 0. The number of rotatable bonds is 6. The molecule has 6 nitrogen and oxygen atoms in total. The molecule has 0 unspecified atom stereocenters. The van der Waals surface area contributed by atoms with Crippen LogP contribution in [0, 0.1) is 13.8 Å². The number of hydrogen-bond donors (Lipinski definition) is 1. The summed E-state index contributed by atoms with van der Waals surface area (Å²) in [6, 6.07) is 19.6. The molecule has 2 aromatic carbocycles. The molecule has 0 fully saturated rings. The number of nitrogens with one attached hydrogen (secondary N) is 1. The minimum Gasteiger partial charge on any atom is -0.325 e. The lowest BCUT2D eigenvalue weighted by Gasteiger charge is -2.13. The van der Waals surface area contributed by atoms with E-state index in [0.717, 1.165) is 28.1 Å². The summed E-state index contributed by atoms with van der Waals surface area (Å²) < 4.78 is 1.98. The average molecular weight is 416 g/mol. The predicted octanol–water partition coefficient (Wildman–Crippen LogP) is 4.68. The number of thioether (sulfide) groups is 1. The van der Waals surface area contributed by atoms with E-state index in [0.29, 0.717) is 11.0 Å². The number of anilines is 1. The van der Waals surface area contributed by atoms with Crippen LogP contribution >= 0.6 is 11.8 Å². The molecule has 4 rings (SSSR count). The molecule has 150 valence electrons. The Morgan fingerprint density at radius 3 is 2.47 bits per heavy atom. The molecule has 7 heteroatoms. The highest BCUT2D eigenvalue weighted by Gasteiger charge is 2.18. The molecule has 0 saturated heterocycles. The maximum absolute atomic E-state index is 12.5. The fourth-order valence-electron chi connectivity index (χ4n) is 3.11. The highest BCUT2D eigenvalue weighted by Crippen LogP contribution is 2.29. The minimum absolute atomic E-state index is 0.0865. The Labute approximate surface area is 179 Å². The third kappa shape index (κ3) is 4.26. The van der Waals surface area contributed by atoms with Gasteiger partial charge in [-0.05, 0) is 49.2 Å². The summed E-state index contributed by atoms with van der Waals surface area (Å²) in [5.74, 6) is 0.835. The van der Waals surface area contributed by atoms with Gasteiger partial charge in [-0.15, -0.1) is 10.2 Å². The highest BCUT2D eigenvalue weighted by molar-refractivity contribution is 7.99. The normalized spacial score (nSPS) is 10.7. The van der Waals surface area contributed by atoms with E-state index in [4.69, 9.17) is 0 Å². The topological polar surface area (TPSA) is 72.7 Å². The summed E-state index contributed by atoms with van der Waals surface area (Å²) >= 11 is 1.36. The standard InChI is InChI=1S/C23H21N5OS/c1-16-8-3-5-11-19(16)25-21(29)15-30-23-27-26-22(18-10-7-13-24-14-18)28(23)20-12-6-4-9-17(20)2/h3-14H,15H2,1-2H3,(H,25,29). The Balaban J connectivity index is 1.62. The van der Waals surface area contributed by atoms with Crippen molar-refractivity contribution in [1.82, 2.24) is 19.7 Å². The van der Waals surface area contributed by atoms with E-state index >= 15 is 0 Å². The van der Waals surface area contributed by atoms with Gasteiger partial charge in [0.25, 0.3) is 0 Å². The molecule has 4 aromatic rings. The number of aryl methyl sites for hydroxylation is 2. The van der Waals surface area contributed by atoms with Crippen LogP contribution in [-0.4, -0.2) is 31.4 Å². The minimum atomic E-state index is -0.0865. The molecule has 2 aromatic heterocycles. The van der Waals surface area contributed by atoms with Crippen LogP contribution in [0.25, 0.3) is 17.1 Å². The van der Waals surface area contributed by atoms with Crippen molar-refractivity contribution in [2.75, 3.05) is 11.1 Å². The molecule has 2 heterocycles. The zero-order valence-corrected chi connectivity index (χ0v) is 17.6. The van der Waals surface area contributed by atoms with Gasteiger partial charge >= 0.3 is 0 Å². The van der Waals surface area contributed by atoms with Crippen LogP contribution in [0.5, 0.6) is 0 Å². The summed E-state index contributed by atoms with van der Waals surface area (Å²) in [6.07, 6.45) is 3.49. The first-order valence-corrected chi connectivity index (χ1v) is 10.5. The molecule has 1 amide bonds. The van der Waals surface area contributed by atoms with Crippen molar-refractivity contribution < 1.29 is 4.79 Å². The monoisotopic (exact) mass is 415 g/mol. The number of carbonyl (C=O) groups is 1. The molecular formula is C23H21N5OS. The van der Waals surface area contributed by atoms with Crippen molar-refractivity contribution in [2.45, 2.75) is 19.0 Å². The Morgan fingerprint density at radius 1 is 0.967 bits per heavy atom. The van der Waals surface area contributed by atoms with E-state index in [9.17, 15) is 4.79 Å². The lowest BCUT2D eigenvalue weighted by atomic mass is 10.2. The molecule has 0 radical (unpaired) electrons. The smallest absolute Gasteiger partial charge is 0.234 e. The molecule has 0 bridgehead atoms. The van der Waals surface area contributed by atoms with Crippen molar-refractivity contribution in [2.24, 2.45) is 0 Å². The maximum atomic E-state index is 12.5. The van der Waals surface area contributed by atoms with Gasteiger partial charge in [-0.25, -0.2) is 0 Å². The molecule has 0 spiro atoms. The number of nitrogens with zero attached hydrogens (tertiary/aromatic N) is 4. The van der Waals surface area contributed by atoms with Crippen LogP contribution < -0.4 is 5.32 Å². The first-order chi connectivity index (χ1) is 14.6. The van der Waals surface area contributed by atoms with Crippen LogP contribution in [0.3, 0.4) is 0 Å². The van der Waals surface area contributed by atoms with E-state index in [-0.39, 0.29) is 11.7 Å². The second-order valence-electron chi connectivity index (χ2n) is 6.82. The van der Waals surface area contributed by atoms with Crippen LogP contribution in [0.1, 0.15) is 11.1 Å². The van der Waals surface area contributed by atoms with Gasteiger partial charge in [-0.3, -0.25) is 14.3 Å². The number of para-hydroxylation sites is 2. The second kappa shape index (κ2) is 8.92. The van der Waals surface area contributed by atoms with E-state index in [1.54, 1.807) is 12.4 Å². The number of amides is 1. The third-order valence-corrected chi connectivity index (χ3v) is 5.59. The number of carbonyl (C=O) groups excluding carboxylic acids is 1. The maximum Gasteiger partial charge on any atom is 0.234 e. The average Bonchev–Trinajstić information content (AvgIpc) is 3.18. The number of pyridine rings is 1. The zero-order chi connectivity index (χ0) is 20.9. The van der Waals surface area contributed by atoms with Gasteiger partial charge in [0.1, 0.15) is 0 Å². The van der Waals surface area contributed by atoms with Gasteiger partial charge in [0, 0.05) is 23.6 Å². The van der Waals surface area contributed by atoms with Crippen molar-refractivity contribution in [3.8, 4) is 17.1 Å². The van der Waals surface area contributed by atoms with Crippen molar-refractivity contribution in [3.63, 3.8) is 0 Å². The molecule has 0 atom stereocenters. The lowest BCUT2D eigenvalue weighted by Crippen LogP contribution is -2.15. The van der Waals surface area contributed by atoms with Crippen LogP contribution in [0.2, 0.25) is 0 Å². The fraction of sp³-hybridized carbons (Fsp3) is 0.130. The predicted molar refractivity (Wildman–Crippen MR) is 120 cm³/mol. The summed E-state index contributed by atoms with van der Waals surface area (Å²) in [5, 5.41) is 12.4.